The molecule has 2 aromatic rings. The number of anilines is 1. The summed E-state index contributed by atoms with van der Waals surface area (Å²) in [4.78, 5) is 24.7. The minimum absolute atomic E-state index is 0.0112. The van der Waals surface area contributed by atoms with Gasteiger partial charge in [-0.15, -0.1) is 0 Å². The third kappa shape index (κ3) is 5.64. The summed E-state index contributed by atoms with van der Waals surface area (Å²) in [7, 11) is -3.76. The van der Waals surface area contributed by atoms with Crippen molar-refractivity contribution in [2.75, 3.05) is 5.32 Å². The lowest BCUT2D eigenvalue weighted by molar-refractivity contribution is -0.123. The van der Waals surface area contributed by atoms with Gasteiger partial charge in [0.2, 0.25) is 15.9 Å². The normalized spacial score (nSPS) is 12.9. The summed E-state index contributed by atoms with van der Waals surface area (Å²) in [6, 6.07) is 12.3. The van der Waals surface area contributed by atoms with Gasteiger partial charge in [-0.1, -0.05) is 39.0 Å². The zero-order valence-electron chi connectivity index (χ0n) is 16.3. The Morgan fingerprint density at radius 1 is 1.04 bits per heavy atom. The van der Waals surface area contributed by atoms with Gasteiger partial charge in [-0.2, -0.15) is 0 Å². The average molecular weight is 404 g/mol. The Hall–Kier alpha value is -2.71. The average Bonchev–Trinajstić information content (AvgIpc) is 2.60. The van der Waals surface area contributed by atoms with Gasteiger partial charge in [-0.05, 0) is 42.8 Å². The number of rotatable bonds is 5. The molecule has 1 unspecified atom stereocenters. The van der Waals surface area contributed by atoms with Crippen LogP contribution >= 0.6 is 0 Å². The van der Waals surface area contributed by atoms with Crippen molar-refractivity contribution in [1.29, 1.82) is 0 Å². The smallest absolute Gasteiger partial charge is 0.251 e. The molecular formula is C20H25N3O4S. The van der Waals surface area contributed by atoms with E-state index in [2.05, 4.69) is 10.6 Å². The molecule has 2 aromatic carbocycles. The number of benzene rings is 2. The molecule has 0 aliphatic carbocycles. The van der Waals surface area contributed by atoms with Gasteiger partial charge in [0.1, 0.15) is 0 Å². The Labute approximate surface area is 165 Å². The summed E-state index contributed by atoms with van der Waals surface area (Å²) in [5.41, 5.74) is 1.13. The predicted molar refractivity (Wildman–Crippen MR) is 108 cm³/mol. The molecule has 1 atom stereocenters. The van der Waals surface area contributed by atoms with E-state index in [1.54, 1.807) is 43.3 Å². The van der Waals surface area contributed by atoms with Crippen LogP contribution in [0.2, 0.25) is 0 Å². The fraction of sp³-hybridized carbons (Fsp3) is 0.300. The summed E-state index contributed by atoms with van der Waals surface area (Å²) in [5.74, 6) is -0.455. The van der Waals surface area contributed by atoms with Crippen LogP contribution in [0.1, 0.15) is 49.7 Å². The minimum atomic E-state index is -3.76. The molecule has 0 radical (unpaired) electrons. The third-order valence-corrected chi connectivity index (χ3v) is 5.05. The molecule has 0 fully saturated rings. The van der Waals surface area contributed by atoms with Crippen molar-refractivity contribution in [3.8, 4) is 0 Å². The zero-order valence-corrected chi connectivity index (χ0v) is 17.1. The first kappa shape index (κ1) is 21.6. The highest BCUT2D eigenvalue weighted by Gasteiger charge is 2.21. The lowest BCUT2D eigenvalue weighted by atomic mass is 9.95. The number of hydrogen-bond acceptors (Lipinski definition) is 4. The Morgan fingerprint density at radius 2 is 1.64 bits per heavy atom. The van der Waals surface area contributed by atoms with E-state index in [1.807, 2.05) is 20.8 Å². The van der Waals surface area contributed by atoms with Crippen molar-refractivity contribution in [3.63, 3.8) is 0 Å². The number of primary sulfonamides is 1. The molecule has 4 N–H and O–H groups in total. The molecule has 0 aliphatic heterocycles. The monoisotopic (exact) mass is 403 g/mol. The Kier molecular flexibility index (Phi) is 6.26. The van der Waals surface area contributed by atoms with Gasteiger partial charge >= 0.3 is 0 Å². The van der Waals surface area contributed by atoms with Crippen molar-refractivity contribution >= 4 is 27.5 Å². The summed E-state index contributed by atoms with van der Waals surface area (Å²) >= 11 is 0. The van der Waals surface area contributed by atoms with E-state index >= 15 is 0 Å². The summed E-state index contributed by atoms with van der Waals surface area (Å²) < 4.78 is 22.7. The van der Waals surface area contributed by atoms with Gasteiger partial charge in [-0.25, -0.2) is 13.6 Å². The Bertz CT molecular complexity index is 977. The van der Waals surface area contributed by atoms with Gasteiger partial charge in [0.05, 0.1) is 10.9 Å². The highest BCUT2D eigenvalue weighted by atomic mass is 32.2. The number of nitrogens with one attached hydrogen (secondary N) is 2. The molecule has 0 bridgehead atoms. The second-order valence-electron chi connectivity index (χ2n) is 7.59. The quantitative estimate of drug-likeness (QED) is 0.711. The number of hydrogen-bond donors (Lipinski definition) is 3. The number of carbonyl (C=O) groups excluding carboxylic acids is 2. The number of carbonyl (C=O) groups is 2. The number of nitrogens with two attached hydrogens (primary N) is 1. The summed E-state index contributed by atoms with van der Waals surface area (Å²) in [5, 5.41) is 10.7. The molecule has 0 saturated carbocycles. The highest BCUT2D eigenvalue weighted by molar-refractivity contribution is 7.89. The second kappa shape index (κ2) is 8.12. The van der Waals surface area contributed by atoms with Gasteiger partial charge in [0.15, 0.2) is 0 Å². The Balaban J connectivity index is 2.10. The third-order valence-electron chi connectivity index (χ3n) is 4.12. The molecule has 150 valence electrons. The van der Waals surface area contributed by atoms with E-state index in [-0.39, 0.29) is 22.8 Å². The van der Waals surface area contributed by atoms with Crippen molar-refractivity contribution in [1.82, 2.24) is 5.32 Å². The van der Waals surface area contributed by atoms with Gasteiger partial charge in [0, 0.05) is 16.7 Å². The Morgan fingerprint density at radius 3 is 2.18 bits per heavy atom. The molecular weight excluding hydrogens is 378 g/mol. The SMILES string of the molecule is CC(NC(=O)c1cccc(NC(=O)C(C)(C)C)c1)c1ccc(S(N)(=O)=O)cc1. The van der Waals surface area contributed by atoms with E-state index in [0.29, 0.717) is 11.3 Å². The lowest BCUT2D eigenvalue weighted by Crippen LogP contribution is -2.28. The first-order valence-corrected chi connectivity index (χ1v) is 10.3. The zero-order chi connectivity index (χ0) is 21.1. The first-order chi connectivity index (χ1) is 12.9. The highest BCUT2D eigenvalue weighted by Crippen LogP contribution is 2.19. The summed E-state index contributed by atoms with van der Waals surface area (Å²) in [6.45, 7) is 7.21. The van der Waals surface area contributed by atoms with E-state index in [4.69, 9.17) is 5.14 Å². The number of sulfonamides is 1. The molecule has 0 aliphatic rings. The van der Waals surface area contributed by atoms with Crippen LogP contribution in [0.4, 0.5) is 5.69 Å². The largest absolute Gasteiger partial charge is 0.346 e. The molecule has 0 heterocycles. The maximum Gasteiger partial charge on any atom is 0.251 e. The molecule has 2 rings (SSSR count). The standard InChI is InChI=1S/C20H25N3O4S/c1-13(14-8-10-17(11-9-14)28(21,26)27)22-18(24)15-6-5-7-16(12-15)23-19(25)20(2,3)4/h5-13H,1-4H3,(H,22,24)(H,23,25)(H2,21,26,27). The molecule has 0 spiro atoms. The van der Waals surface area contributed by atoms with Crippen LogP contribution in [0.25, 0.3) is 0 Å². The van der Waals surface area contributed by atoms with Crippen molar-refractivity contribution in [3.05, 3.63) is 59.7 Å². The molecule has 0 aromatic heterocycles. The van der Waals surface area contributed by atoms with E-state index in [9.17, 15) is 18.0 Å². The van der Waals surface area contributed by atoms with Crippen LogP contribution < -0.4 is 15.8 Å². The fourth-order valence-electron chi connectivity index (χ4n) is 2.37. The maximum atomic E-state index is 12.5. The second-order valence-corrected chi connectivity index (χ2v) is 9.16. The number of amides is 2. The van der Waals surface area contributed by atoms with Crippen LogP contribution in [0, 0.1) is 5.41 Å². The van der Waals surface area contributed by atoms with Gasteiger partial charge in [-0.3, -0.25) is 9.59 Å². The van der Waals surface area contributed by atoms with Crippen LogP contribution in [-0.2, 0) is 14.8 Å². The van der Waals surface area contributed by atoms with Crippen molar-refractivity contribution < 1.29 is 18.0 Å². The topological polar surface area (TPSA) is 118 Å². The van der Waals surface area contributed by atoms with Crippen LogP contribution in [0.15, 0.2) is 53.4 Å². The molecule has 2 amide bonds. The molecule has 7 nitrogen and oxygen atoms in total. The maximum absolute atomic E-state index is 12.5. The molecule has 0 saturated heterocycles. The lowest BCUT2D eigenvalue weighted by Gasteiger charge is -2.18. The van der Waals surface area contributed by atoms with Crippen LogP contribution in [0.5, 0.6) is 0 Å². The van der Waals surface area contributed by atoms with Gasteiger partial charge < -0.3 is 10.6 Å². The van der Waals surface area contributed by atoms with E-state index in [1.165, 1.54) is 12.1 Å². The molecule has 8 heteroatoms. The summed E-state index contributed by atoms with van der Waals surface area (Å²) in [6.07, 6.45) is 0. The van der Waals surface area contributed by atoms with E-state index < -0.39 is 15.4 Å². The van der Waals surface area contributed by atoms with Crippen LogP contribution in [-0.4, -0.2) is 20.2 Å². The van der Waals surface area contributed by atoms with E-state index in [0.717, 1.165) is 5.56 Å². The first-order valence-electron chi connectivity index (χ1n) is 8.73. The fourth-order valence-corrected chi connectivity index (χ4v) is 2.88. The van der Waals surface area contributed by atoms with Crippen molar-refractivity contribution in [2.24, 2.45) is 10.6 Å². The predicted octanol–water partition coefficient (Wildman–Crippen LogP) is 2.81. The van der Waals surface area contributed by atoms with Crippen LogP contribution in [0.3, 0.4) is 0 Å². The molecule has 28 heavy (non-hydrogen) atoms. The van der Waals surface area contributed by atoms with Crippen molar-refractivity contribution in [2.45, 2.75) is 38.6 Å². The minimum Gasteiger partial charge on any atom is -0.346 e. The van der Waals surface area contributed by atoms with Gasteiger partial charge in [0.25, 0.3) is 5.91 Å².